The second-order valence-corrected chi connectivity index (χ2v) is 10.4. The van der Waals surface area contributed by atoms with Crippen LogP contribution in [-0.2, 0) is 15.0 Å². The van der Waals surface area contributed by atoms with Crippen LogP contribution in [0.4, 0.5) is 5.13 Å². The van der Waals surface area contributed by atoms with Gasteiger partial charge in [-0.1, -0.05) is 0 Å². The van der Waals surface area contributed by atoms with E-state index >= 15 is 0 Å². The van der Waals surface area contributed by atoms with Gasteiger partial charge in [0, 0.05) is 23.8 Å². The smallest absolute Gasteiger partial charge is 0.315 e. The largest absolute Gasteiger partial charge is 0.348 e. The molecule has 1 heterocycles. The van der Waals surface area contributed by atoms with Crippen molar-refractivity contribution in [2.75, 3.05) is 31.5 Å². The molecule has 4 aliphatic carbocycles. The van der Waals surface area contributed by atoms with Crippen LogP contribution in [-0.4, -0.2) is 43.0 Å². The fourth-order valence-electron chi connectivity index (χ4n) is 6.38. The molecular formula is C22H35N4O2S+. The minimum Gasteiger partial charge on any atom is -0.348 e. The Labute approximate surface area is 177 Å². The first-order valence-corrected chi connectivity index (χ1v) is 12.3. The van der Waals surface area contributed by atoms with E-state index in [1.165, 1.54) is 54.8 Å². The summed E-state index contributed by atoms with van der Waals surface area (Å²) in [6.45, 7) is 8.04. The van der Waals surface area contributed by atoms with Crippen LogP contribution in [0.2, 0.25) is 0 Å². The van der Waals surface area contributed by atoms with E-state index in [1.807, 2.05) is 0 Å². The first kappa shape index (κ1) is 20.8. The Hall–Kier alpha value is -1.47. The topological polar surface area (TPSA) is 75.5 Å². The van der Waals surface area contributed by atoms with Crippen LogP contribution in [0.1, 0.15) is 64.5 Å². The maximum atomic E-state index is 12.2. The fourth-order valence-corrected chi connectivity index (χ4v) is 7.21. The van der Waals surface area contributed by atoms with Gasteiger partial charge >= 0.3 is 11.8 Å². The van der Waals surface area contributed by atoms with Crippen molar-refractivity contribution in [2.45, 2.75) is 64.2 Å². The van der Waals surface area contributed by atoms with Gasteiger partial charge in [-0.2, -0.15) is 0 Å². The number of nitrogens with one attached hydrogen (secondary N) is 3. The molecule has 0 unspecified atom stereocenters. The quantitative estimate of drug-likeness (QED) is 0.446. The molecule has 0 radical (unpaired) electrons. The molecule has 4 aliphatic rings. The van der Waals surface area contributed by atoms with Crippen molar-refractivity contribution in [3.8, 4) is 0 Å². The lowest BCUT2D eigenvalue weighted by atomic mass is 9.49. The predicted octanol–water partition coefficient (Wildman–Crippen LogP) is 1.98. The van der Waals surface area contributed by atoms with Crippen molar-refractivity contribution in [2.24, 2.45) is 17.8 Å². The van der Waals surface area contributed by atoms with Crippen molar-refractivity contribution in [1.82, 2.24) is 10.3 Å². The number of carbonyl (C=O) groups is 2. The molecule has 2 amide bonds. The molecule has 6 nitrogen and oxygen atoms in total. The van der Waals surface area contributed by atoms with Gasteiger partial charge in [0.25, 0.3) is 0 Å². The van der Waals surface area contributed by atoms with Gasteiger partial charge in [0.05, 0.1) is 25.3 Å². The lowest BCUT2D eigenvalue weighted by Gasteiger charge is -2.56. The van der Waals surface area contributed by atoms with Crippen LogP contribution in [0, 0.1) is 17.8 Å². The van der Waals surface area contributed by atoms with Crippen LogP contribution in [0.3, 0.4) is 0 Å². The highest BCUT2D eigenvalue weighted by Gasteiger charge is 2.52. The lowest BCUT2D eigenvalue weighted by Crippen LogP contribution is -3.11. The summed E-state index contributed by atoms with van der Waals surface area (Å²) >= 11 is 1.46. The fraction of sp³-hybridized carbons (Fsp3) is 0.773. The van der Waals surface area contributed by atoms with Gasteiger partial charge in [-0.3, -0.25) is 14.9 Å². The Bertz CT molecular complexity index is 708. The zero-order valence-corrected chi connectivity index (χ0v) is 18.6. The highest BCUT2D eigenvalue weighted by molar-refractivity contribution is 7.14. The normalized spacial score (nSPS) is 30.0. The summed E-state index contributed by atoms with van der Waals surface area (Å²) in [6, 6.07) is 0. The SMILES string of the molecule is CC[NH+](CC)CCCNC(=O)C(=O)Nc1nc(C23CC4CC(CC(C4)C2)C3)cs1. The van der Waals surface area contributed by atoms with Crippen molar-refractivity contribution in [3.63, 3.8) is 0 Å². The molecule has 5 rings (SSSR count). The third kappa shape index (κ3) is 4.50. The van der Waals surface area contributed by atoms with E-state index in [4.69, 9.17) is 4.98 Å². The number of carbonyl (C=O) groups excluding carboxylic acids is 2. The van der Waals surface area contributed by atoms with Gasteiger partial charge in [-0.15, -0.1) is 11.3 Å². The van der Waals surface area contributed by atoms with Crippen molar-refractivity contribution in [3.05, 3.63) is 11.1 Å². The summed E-state index contributed by atoms with van der Waals surface area (Å²) in [7, 11) is 0. The molecule has 0 saturated heterocycles. The van der Waals surface area contributed by atoms with E-state index in [-0.39, 0.29) is 5.41 Å². The maximum Gasteiger partial charge on any atom is 0.315 e. The standard InChI is InChI=1S/C22H34N4O2S/c1-3-26(4-2)7-5-6-23-19(27)20(28)25-21-24-18(14-29-21)22-11-15-8-16(12-22)10-17(9-15)13-22/h14-17H,3-13H2,1-2H3,(H,23,27)(H,24,25,28)/p+1. The van der Waals surface area contributed by atoms with Crippen LogP contribution < -0.4 is 15.5 Å². The van der Waals surface area contributed by atoms with Crippen LogP contribution in [0.5, 0.6) is 0 Å². The molecule has 4 bridgehead atoms. The van der Waals surface area contributed by atoms with E-state index in [2.05, 4.69) is 29.9 Å². The first-order valence-electron chi connectivity index (χ1n) is 11.4. The lowest BCUT2D eigenvalue weighted by molar-refractivity contribution is -0.896. The molecule has 1 aromatic heterocycles. The number of thiazole rings is 1. The molecule has 160 valence electrons. The van der Waals surface area contributed by atoms with Gasteiger partial charge in [-0.25, -0.2) is 4.98 Å². The number of amides is 2. The minimum atomic E-state index is -0.605. The number of quaternary nitrogens is 1. The predicted molar refractivity (Wildman–Crippen MR) is 115 cm³/mol. The molecule has 0 aliphatic heterocycles. The van der Waals surface area contributed by atoms with Crippen LogP contribution >= 0.6 is 11.3 Å². The average molecular weight is 420 g/mol. The van der Waals surface area contributed by atoms with E-state index in [1.54, 1.807) is 0 Å². The van der Waals surface area contributed by atoms with Gasteiger partial charge in [0.2, 0.25) is 0 Å². The third-order valence-corrected chi connectivity index (χ3v) is 8.26. The van der Waals surface area contributed by atoms with Gasteiger partial charge < -0.3 is 10.2 Å². The summed E-state index contributed by atoms with van der Waals surface area (Å²) in [5.41, 5.74) is 1.38. The Balaban J connectivity index is 1.28. The highest BCUT2D eigenvalue weighted by Crippen LogP contribution is 2.60. The number of aromatic nitrogens is 1. The monoisotopic (exact) mass is 419 g/mol. The van der Waals surface area contributed by atoms with E-state index < -0.39 is 11.8 Å². The first-order chi connectivity index (χ1) is 14.0. The second kappa shape index (κ2) is 8.72. The molecule has 1 aromatic rings. The summed E-state index contributed by atoms with van der Waals surface area (Å²) < 4.78 is 0. The molecular weight excluding hydrogens is 384 g/mol. The van der Waals surface area contributed by atoms with Crippen molar-refractivity contribution >= 4 is 28.3 Å². The summed E-state index contributed by atoms with van der Waals surface area (Å²) in [5, 5.41) is 8.13. The second-order valence-electron chi connectivity index (χ2n) is 9.51. The van der Waals surface area contributed by atoms with Crippen molar-refractivity contribution < 1.29 is 14.5 Å². The number of hydrogen-bond donors (Lipinski definition) is 3. The maximum absolute atomic E-state index is 12.2. The highest BCUT2D eigenvalue weighted by atomic mass is 32.1. The van der Waals surface area contributed by atoms with Gasteiger partial charge in [-0.05, 0) is 70.1 Å². The number of hydrogen-bond acceptors (Lipinski definition) is 4. The van der Waals surface area contributed by atoms with Gasteiger partial charge in [0.15, 0.2) is 5.13 Å². The molecule has 0 spiro atoms. The molecule has 4 saturated carbocycles. The number of nitrogens with zero attached hydrogens (tertiary/aromatic N) is 1. The van der Waals surface area contributed by atoms with Crippen LogP contribution in [0.15, 0.2) is 5.38 Å². The zero-order chi connectivity index (χ0) is 20.4. The van der Waals surface area contributed by atoms with Gasteiger partial charge in [0.1, 0.15) is 0 Å². The Morgan fingerprint density at radius 1 is 1.10 bits per heavy atom. The Morgan fingerprint density at radius 2 is 1.72 bits per heavy atom. The summed E-state index contributed by atoms with van der Waals surface area (Å²) in [5.74, 6) is 1.43. The van der Waals surface area contributed by atoms with Crippen molar-refractivity contribution in [1.29, 1.82) is 0 Å². The molecule has 0 atom stereocenters. The van der Waals surface area contributed by atoms with E-state index in [0.29, 0.717) is 11.7 Å². The summed E-state index contributed by atoms with van der Waals surface area (Å²) in [4.78, 5) is 30.6. The van der Waals surface area contributed by atoms with E-state index in [9.17, 15) is 9.59 Å². The molecule has 4 fully saturated rings. The third-order valence-electron chi connectivity index (χ3n) is 7.51. The Kier molecular flexibility index (Phi) is 6.25. The summed E-state index contributed by atoms with van der Waals surface area (Å²) in [6.07, 6.45) is 8.86. The Morgan fingerprint density at radius 3 is 2.31 bits per heavy atom. The molecule has 7 heteroatoms. The van der Waals surface area contributed by atoms with E-state index in [0.717, 1.165) is 49.5 Å². The molecule has 3 N–H and O–H groups in total. The number of rotatable bonds is 8. The minimum absolute atomic E-state index is 0.225. The number of anilines is 1. The van der Waals surface area contributed by atoms with Crippen LogP contribution in [0.25, 0.3) is 0 Å². The molecule has 0 aromatic carbocycles. The molecule has 29 heavy (non-hydrogen) atoms. The average Bonchev–Trinajstić information content (AvgIpc) is 3.16. The zero-order valence-electron chi connectivity index (χ0n) is 17.8.